The van der Waals surface area contributed by atoms with E-state index in [9.17, 15) is 14.7 Å². The lowest BCUT2D eigenvalue weighted by Crippen LogP contribution is -2.61. The largest absolute Gasteiger partial charge is 0.490 e. The summed E-state index contributed by atoms with van der Waals surface area (Å²) >= 11 is 0. The van der Waals surface area contributed by atoms with Crippen LogP contribution in [0.3, 0.4) is 0 Å². The first-order valence-electron chi connectivity index (χ1n) is 11.2. The highest BCUT2D eigenvalue weighted by Gasteiger charge is 2.48. The van der Waals surface area contributed by atoms with E-state index >= 15 is 0 Å². The SMILES string of the molecule is Cc1ccc(OCCOc2ccc(-c3cc(NC4C(=O)C(=O)C4O)cc(-c4nn[nH]n4)c3)cn2)cc1. The highest BCUT2D eigenvalue weighted by atomic mass is 16.5. The average molecular weight is 486 g/mol. The molecule has 11 heteroatoms. The molecule has 0 saturated heterocycles. The number of aliphatic hydroxyl groups is 1. The van der Waals surface area contributed by atoms with Crippen LogP contribution in [0.2, 0.25) is 0 Å². The summed E-state index contributed by atoms with van der Waals surface area (Å²) in [4.78, 5) is 27.6. The number of hydrogen-bond acceptors (Lipinski definition) is 10. The molecule has 0 bridgehead atoms. The van der Waals surface area contributed by atoms with Crippen molar-refractivity contribution >= 4 is 17.3 Å². The molecule has 1 aliphatic rings. The molecule has 2 aromatic carbocycles. The number of anilines is 1. The van der Waals surface area contributed by atoms with Crippen molar-refractivity contribution in [2.75, 3.05) is 18.5 Å². The van der Waals surface area contributed by atoms with Crippen LogP contribution in [0.15, 0.2) is 60.8 Å². The van der Waals surface area contributed by atoms with E-state index in [1.54, 1.807) is 24.4 Å². The van der Waals surface area contributed by atoms with Crippen LogP contribution in [0.5, 0.6) is 11.6 Å². The summed E-state index contributed by atoms with van der Waals surface area (Å²) < 4.78 is 11.3. The van der Waals surface area contributed by atoms with Gasteiger partial charge >= 0.3 is 0 Å². The van der Waals surface area contributed by atoms with E-state index in [2.05, 4.69) is 30.9 Å². The highest BCUT2D eigenvalue weighted by Crippen LogP contribution is 2.30. The molecule has 0 spiro atoms. The molecule has 1 saturated carbocycles. The van der Waals surface area contributed by atoms with E-state index in [1.807, 2.05) is 43.3 Å². The standard InChI is InChI=1S/C25H22N6O5/c1-14-2-5-19(6-3-14)35-8-9-36-20-7-4-15(13-26-20)16-10-17(25-28-30-31-29-25)12-18(11-16)27-21-22(32)24(34)23(21)33/h2-7,10-13,21-22,27,32H,8-9H2,1H3,(H,28,29,30,31). The van der Waals surface area contributed by atoms with Gasteiger partial charge in [0.25, 0.3) is 0 Å². The quantitative estimate of drug-likeness (QED) is 0.236. The van der Waals surface area contributed by atoms with Crippen LogP contribution in [0.1, 0.15) is 5.56 Å². The molecule has 2 aromatic heterocycles. The molecule has 0 aliphatic heterocycles. The second kappa shape index (κ2) is 9.92. The fourth-order valence-electron chi connectivity index (χ4n) is 3.69. The van der Waals surface area contributed by atoms with Gasteiger partial charge in [-0.05, 0) is 54.1 Å². The van der Waals surface area contributed by atoms with Crippen molar-refractivity contribution in [1.82, 2.24) is 25.6 Å². The van der Waals surface area contributed by atoms with Crippen molar-refractivity contribution in [2.24, 2.45) is 0 Å². The molecule has 0 radical (unpaired) electrons. The number of nitrogens with one attached hydrogen (secondary N) is 2. The second-order valence-electron chi connectivity index (χ2n) is 8.22. The number of Topliss-reactive ketones (excluding diaryl/α,β-unsaturated/α-hetero) is 2. The number of aromatic nitrogens is 5. The van der Waals surface area contributed by atoms with Crippen molar-refractivity contribution in [1.29, 1.82) is 0 Å². The maximum Gasteiger partial charge on any atom is 0.231 e. The monoisotopic (exact) mass is 486 g/mol. The first-order chi connectivity index (χ1) is 17.5. The minimum absolute atomic E-state index is 0.331. The predicted molar refractivity (Wildman–Crippen MR) is 128 cm³/mol. The van der Waals surface area contributed by atoms with Gasteiger partial charge in [-0.15, -0.1) is 10.2 Å². The Bertz CT molecular complexity index is 1370. The molecule has 182 valence electrons. The number of aliphatic hydroxyl groups excluding tert-OH is 1. The van der Waals surface area contributed by atoms with Gasteiger partial charge in [0, 0.05) is 29.1 Å². The molecule has 2 unspecified atom stereocenters. The van der Waals surface area contributed by atoms with Crippen LogP contribution in [0, 0.1) is 6.92 Å². The summed E-state index contributed by atoms with van der Waals surface area (Å²) in [6, 6.07) is 15.7. The third-order valence-corrected chi connectivity index (χ3v) is 5.66. The number of tetrazole rings is 1. The minimum Gasteiger partial charge on any atom is -0.490 e. The van der Waals surface area contributed by atoms with Crippen molar-refractivity contribution in [3.05, 3.63) is 66.4 Å². The molecule has 5 rings (SSSR count). The van der Waals surface area contributed by atoms with E-state index < -0.39 is 23.7 Å². The number of nitrogens with zero attached hydrogens (tertiary/aromatic N) is 4. The summed E-state index contributed by atoms with van der Waals surface area (Å²) in [7, 11) is 0. The van der Waals surface area contributed by atoms with Crippen LogP contribution in [-0.2, 0) is 9.59 Å². The number of rotatable bonds is 9. The molecule has 0 amide bonds. The van der Waals surface area contributed by atoms with E-state index in [-0.39, 0.29) is 0 Å². The predicted octanol–water partition coefficient (Wildman–Crippen LogP) is 1.99. The van der Waals surface area contributed by atoms with Crippen LogP contribution in [-0.4, -0.2) is 67.6 Å². The zero-order valence-corrected chi connectivity index (χ0v) is 19.2. The summed E-state index contributed by atoms with van der Waals surface area (Å²) in [5.41, 5.74) is 3.80. The number of hydrogen-bond donors (Lipinski definition) is 3. The van der Waals surface area contributed by atoms with Gasteiger partial charge < -0.3 is 19.9 Å². The van der Waals surface area contributed by atoms with E-state index in [0.29, 0.717) is 36.2 Å². The van der Waals surface area contributed by atoms with Gasteiger partial charge in [-0.1, -0.05) is 17.7 Å². The van der Waals surface area contributed by atoms with Crippen molar-refractivity contribution in [3.8, 4) is 34.1 Å². The number of carbonyl (C=O) groups is 2. The Hall–Kier alpha value is -4.64. The number of aromatic amines is 1. The number of ether oxygens (including phenoxy) is 2. The number of H-pyrrole nitrogens is 1. The van der Waals surface area contributed by atoms with Gasteiger partial charge in [-0.2, -0.15) is 5.21 Å². The Labute approximate surface area is 205 Å². The maximum atomic E-state index is 11.8. The molecule has 11 nitrogen and oxygen atoms in total. The summed E-state index contributed by atoms with van der Waals surface area (Å²) in [6.07, 6.45) is 0.283. The fraction of sp³-hybridized carbons (Fsp3) is 0.200. The Morgan fingerprint density at radius 1 is 0.944 bits per heavy atom. The Morgan fingerprint density at radius 3 is 2.42 bits per heavy atom. The maximum absolute atomic E-state index is 11.8. The normalized spacial score (nSPS) is 16.9. The van der Waals surface area contributed by atoms with Crippen molar-refractivity contribution in [3.63, 3.8) is 0 Å². The Morgan fingerprint density at radius 2 is 1.72 bits per heavy atom. The van der Waals surface area contributed by atoms with Crippen LogP contribution < -0.4 is 14.8 Å². The van der Waals surface area contributed by atoms with Gasteiger partial charge in [0.2, 0.25) is 23.3 Å². The Kier molecular flexibility index (Phi) is 6.37. The summed E-state index contributed by atoms with van der Waals surface area (Å²) in [5, 5.41) is 26.8. The molecule has 2 atom stereocenters. The molecular weight excluding hydrogens is 464 g/mol. The molecule has 1 aliphatic carbocycles. The first-order valence-corrected chi connectivity index (χ1v) is 11.2. The van der Waals surface area contributed by atoms with Crippen LogP contribution >= 0.6 is 0 Å². The van der Waals surface area contributed by atoms with Crippen LogP contribution in [0.4, 0.5) is 5.69 Å². The number of benzene rings is 2. The van der Waals surface area contributed by atoms with Crippen LogP contribution in [0.25, 0.3) is 22.5 Å². The lowest BCUT2D eigenvalue weighted by Gasteiger charge is -2.30. The average Bonchev–Trinajstić information content (AvgIpc) is 3.46. The fourth-order valence-corrected chi connectivity index (χ4v) is 3.69. The molecule has 3 N–H and O–H groups in total. The van der Waals surface area contributed by atoms with Crippen molar-refractivity contribution < 1.29 is 24.2 Å². The molecule has 4 aromatic rings. The molecule has 36 heavy (non-hydrogen) atoms. The lowest BCUT2D eigenvalue weighted by atomic mass is 9.85. The third kappa shape index (κ3) is 4.91. The lowest BCUT2D eigenvalue weighted by molar-refractivity contribution is -0.152. The number of pyridine rings is 1. The highest BCUT2D eigenvalue weighted by molar-refractivity contribution is 6.49. The van der Waals surface area contributed by atoms with Gasteiger partial charge in [-0.3, -0.25) is 9.59 Å². The van der Waals surface area contributed by atoms with E-state index in [4.69, 9.17) is 9.47 Å². The van der Waals surface area contributed by atoms with Gasteiger partial charge in [-0.25, -0.2) is 4.98 Å². The van der Waals surface area contributed by atoms with Gasteiger partial charge in [0.1, 0.15) is 31.1 Å². The summed E-state index contributed by atoms with van der Waals surface area (Å²) in [6.45, 7) is 2.73. The number of carbonyl (C=O) groups excluding carboxylic acids is 2. The van der Waals surface area contributed by atoms with Crippen molar-refractivity contribution in [2.45, 2.75) is 19.1 Å². The molecular formula is C25H22N6O5. The molecule has 1 fully saturated rings. The van der Waals surface area contributed by atoms with E-state index in [1.165, 1.54) is 0 Å². The smallest absolute Gasteiger partial charge is 0.231 e. The van der Waals surface area contributed by atoms with Gasteiger partial charge in [0.05, 0.1) is 0 Å². The number of ketones is 2. The topological polar surface area (TPSA) is 152 Å². The third-order valence-electron chi connectivity index (χ3n) is 5.66. The Balaban J connectivity index is 1.28. The second-order valence-corrected chi connectivity index (χ2v) is 8.22. The zero-order chi connectivity index (χ0) is 25.1. The minimum atomic E-state index is -1.37. The van der Waals surface area contributed by atoms with E-state index in [0.717, 1.165) is 22.4 Å². The molecule has 2 heterocycles. The first kappa shape index (κ1) is 23.1. The van der Waals surface area contributed by atoms with Gasteiger partial charge in [0.15, 0.2) is 0 Å². The summed E-state index contributed by atoms with van der Waals surface area (Å²) in [5.74, 6) is 0.104. The number of aryl methyl sites for hydroxylation is 1. The zero-order valence-electron chi connectivity index (χ0n) is 19.2.